The Hall–Kier alpha value is -3.32. The van der Waals surface area contributed by atoms with E-state index >= 15 is 0 Å². The normalized spacial score (nSPS) is 18.8. The average Bonchev–Trinajstić information content (AvgIpc) is 3.29. The topological polar surface area (TPSA) is 60.4 Å². The number of rotatable bonds is 4. The van der Waals surface area contributed by atoms with Gasteiger partial charge in [0.1, 0.15) is 0 Å². The Morgan fingerprint density at radius 3 is 2.53 bits per heavy atom. The van der Waals surface area contributed by atoms with Crippen molar-refractivity contribution in [2.45, 2.75) is 18.7 Å². The molecular formula is C25H21BrN2O4. The summed E-state index contributed by atoms with van der Waals surface area (Å²) in [5.74, 6) is 1.00. The van der Waals surface area contributed by atoms with Gasteiger partial charge >= 0.3 is 5.97 Å². The fourth-order valence-corrected chi connectivity index (χ4v) is 4.66. The predicted molar refractivity (Wildman–Crippen MR) is 124 cm³/mol. The molecule has 0 saturated carbocycles. The number of fused-ring (bicyclic) bond motifs is 3. The van der Waals surface area contributed by atoms with Crippen LogP contribution in [0.3, 0.4) is 0 Å². The second kappa shape index (κ2) is 8.31. The molecular weight excluding hydrogens is 472 g/mol. The van der Waals surface area contributed by atoms with Gasteiger partial charge in [-0.1, -0.05) is 58.4 Å². The Bertz CT molecular complexity index is 1190. The molecule has 2 atom stereocenters. The SMILES string of the molecule is COC(=O)c1ccc(C2Oc3c(OC)cc(Br)cc3C3CC(c4ccccc4)=NN32)cc1. The molecule has 0 N–H and O–H groups in total. The van der Waals surface area contributed by atoms with Gasteiger partial charge in [-0.2, -0.15) is 5.10 Å². The first kappa shape index (κ1) is 20.6. The summed E-state index contributed by atoms with van der Waals surface area (Å²) in [4.78, 5) is 11.9. The van der Waals surface area contributed by atoms with E-state index in [1.807, 2.05) is 41.4 Å². The van der Waals surface area contributed by atoms with Crippen LogP contribution in [0.4, 0.5) is 0 Å². The van der Waals surface area contributed by atoms with Crippen molar-refractivity contribution in [1.29, 1.82) is 0 Å². The molecule has 5 rings (SSSR count). The van der Waals surface area contributed by atoms with Gasteiger partial charge < -0.3 is 14.2 Å². The molecule has 32 heavy (non-hydrogen) atoms. The minimum atomic E-state index is -0.463. The summed E-state index contributed by atoms with van der Waals surface area (Å²) >= 11 is 3.59. The molecule has 3 aromatic carbocycles. The zero-order valence-corrected chi connectivity index (χ0v) is 19.2. The van der Waals surface area contributed by atoms with Crippen LogP contribution in [-0.4, -0.2) is 30.9 Å². The van der Waals surface area contributed by atoms with Crippen LogP contribution in [0.15, 0.2) is 76.3 Å². The molecule has 6 nitrogen and oxygen atoms in total. The third kappa shape index (κ3) is 3.52. The van der Waals surface area contributed by atoms with Crippen LogP contribution in [0.2, 0.25) is 0 Å². The molecule has 3 aromatic rings. The van der Waals surface area contributed by atoms with Gasteiger partial charge in [-0.15, -0.1) is 0 Å². The zero-order chi connectivity index (χ0) is 22.2. The molecule has 2 aliphatic rings. The Morgan fingerprint density at radius 1 is 1.09 bits per heavy atom. The summed E-state index contributed by atoms with van der Waals surface area (Å²) < 4.78 is 17.8. The molecule has 0 amide bonds. The molecule has 7 heteroatoms. The Labute approximate surface area is 194 Å². The molecule has 2 aliphatic heterocycles. The first-order valence-corrected chi connectivity index (χ1v) is 11.0. The summed E-state index contributed by atoms with van der Waals surface area (Å²) in [5, 5.41) is 6.98. The van der Waals surface area contributed by atoms with Crippen LogP contribution in [0, 0.1) is 0 Å². The highest BCUT2D eigenvalue weighted by Crippen LogP contribution is 2.51. The average molecular weight is 493 g/mol. The summed E-state index contributed by atoms with van der Waals surface area (Å²) in [6.07, 6.45) is 0.284. The number of hydrogen-bond acceptors (Lipinski definition) is 6. The van der Waals surface area contributed by atoms with Crippen molar-refractivity contribution in [3.63, 3.8) is 0 Å². The maximum absolute atomic E-state index is 11.9. The van der Waals surface area contributed by atoms with E-state index in [1.54, 1.807) is 19.2 Å². The summed E-state index contributed by atoms with van der Waals surface area (Å²) in [6, 6.07) is 21.4. The van der Waals surface area contributed by atoms with Crippen LogP contribution in [0.1, 0.15) is 45.7 Å². The number of esters is 1. The molecule has 0 bridgehead atoms. The lowest BCUT2D eigenvalue weighted by Crippen LogP contribution is -2.34. The Balaban J connectivity index is 1.60. The molecule has 162 valence electrons. The first-order valence-electron chi connectivity index (χ1n) is 10.2. The minimum absolute atomic E-state index is 0.00867. The number of benzene rings is 3. The number of ether oxygens (including phenoxy) is 3. The predicted octanol–water partition coefficient (Wildman–Crippen LogP) is 5.49. The molecule has 0 radical (unpaired) electrons. The maximum atomic E-state index is 11.9. The van der Waals surface area contributed by atoms with Gasteiger partial charge in [0.2, 0.25) is 6.23 Å². The fraction of sp³-hybridized carbons (Fsp3) is 0.200. The van der Waals surface area contributed by atoms with Gasteiger partial charge in [0.25, 0.3) is 0 Å². The lowest BCUT2D eigenvalue weighted by molar-refractivity contribution is -0.0209. The van der Waals surface area contributed by atoms with Crippen molar-refractivity contribution in [2.75, 3.05) is 14.2 Å². The van der Waals surface area contributed by atoms with Gasteiger partial charge in [0.05, 0.1) is 31.5 Å². The number of nitrogens with zero attached hydrogens (tertiary/aromatic N) is 2. The lowest BCUT2D eigenvalue weighted by atomic mass is 9.95. The standard InChI is InChI=1S/C25H21BrN2O4/c1-30-22-13-18(26)12-19-21-14-20(15-6-4-3-5-7-15)27-28(21)24(32-23(19)22)16-8-10-17(11-9-16)25(29)31-2/h3-13,21,24H,14H2,1-2H3. The van der Waals surface area contributed by atoms with Gasteiger partial charge in [-0.3, -0.25) is 0 Å². The summed E-state index contributed by atoms with van der Waals surface area (Å²) in [6.45, 7) is 0. The van der Waals surface area contributed by atoms with E-state index < -0.39 is 6.23 Å². The molecule has 0 aliphatic carbocycles. The van der Waals surface area contributed by atoms with Crippen molar-refractivity contribution in [3.05, 3.63) is 93.5 Å². The van der Waals surface area contributed by atoms with Gasteiger partial charge in [0.15, 0.2) is 11.5 Å². The number of hydrogen-bond donors (Lipinski definition) is 0. The zero-order valence-electron chi connectivity index (χ0n) is 17.6. The van der Waals surface area contributed by atoms with Gasteiger partial charge in [-0.25, -0.2) is 9.80 Å². The van der Waals surface area contributed by atoms with Crippen LogP contribution >= 0.6 is 15.9 Å². The highest BCUT2D eigenvalue weighted by Gasteiger charge is 2.42. The number of halogens is 1. The van der Waals surface area contributed by atoms with E-state index in [0.717, 1.165) is 33.3 Å². The van der Waals surface area contributed by atoms with E-state index in [4.69, 9.17) is 19.3 Å². The highest BCUT2D eigenvalue weighted by molar-refractivity contribution is 9.10. The van der Waals surface area contributed by atoms with Crippen molar-refractivity contribution in [1.82, 2.24) is 5.01 Å². The second-order valence-corrected chi connectivity index (χ2v) is 8.54. The summed E-state index contributed by atoms with van der Waals surface area (Å²) in [5.41, 5.74) is 4.48. The Kier molecular flexibility index (Phi) is 5.35. The van der Waals surface area contributed by atoms with Crippen LogP contribution in [-0.2, 0) is 4.74 Å². The summed E-state index contributed by atoms with van der Waals surface area (Å²) in [7, 11) is 3.01. The van der Waals surface area contributed by atoms with E-state index in [2.05, 4.69) is 34.1 Å². The Morgan fingerprint density at radius 2 is 1.84 bits per heavy atom. The highest BCUT2D eigenvalue weighted by atomic mass is 79.9. The maximum Gasteiger partial charge on any atom is 0.337 e. The van der Waals surface area contributed by atoms with Gasteiger partial charge in [-0.05, 0) is 29.8 Å². The molecule has 0 saturated heterocycles. The number of methoxy groups -OCH3 is 2. The first-order chi connectivity index (χ1) is 15.6. The van der Waals surface area contributed by atoms with Crippen molar-refractivity contribution in [3.8, 4) is 11.5 Å². The van der Waals surface area contributed by atoms with Crippen molar-refractivity contribution in [2.24, 2.45) is 5.10 Å². The second-order valence-electron chi connectivity index (χ2n) is 7.62. The third-order valence-corrected chi connectivity index (χ3v) is 6.22. The van der Waals surface area contributed by atoms with Crippen LogP contribution < -0.4 is 9.47 Å². The van der Waals surface area contributed by atoms with E-state index in [-0.39, 0.29) is 12.0 Å². The van der Waals surface area contributed by atoms with E-state index in [9.17, 15) is 4.79 Å². The van der Waals surface area contributed by atoms with E-state index in [1.165, 1.54) is 7.11 Å². The van der Waals surface area contributed by atoms with Gasteiger partial charge in [0, 0.05) is 22.0 Å². The molecule has 0 spiro atoms. The number of hydrazone groups is 1. The largest absolute Gasteiger partial charge is 0.493 e. The van der Waals surface area contributed by atoms with Crippen LogP contribution in [0.5, 0.6) is 11.5 Å². The minimum Gasteiger partial charge on any atom is -0.493 e. The van der Waals surface area contributed by atoms with Crippen molar-refractivity contribution >= 4 is 27.6 Å². The molecule has 0 fully saturated rings. The smallest absolute Gasteiger partial charge is 0.337 e. The molecule has 2 unspecified atom stereocenters. The number of carbonyl (C=O) groups is 1. The van der Waals surface area contributed by atoms with E-state index in [0.29, 0.717) is 17.1 Å². The van der Waals surface area contributed by atoms with Crippen molar-refractivity contribution < 1.29 is 19.0 Å². The quantitative estimate of drug-likeness (QED) is 0.450. The molecule has 0 aromatic heterocycles. The van der Waals surface area contributed by atoms with Crippen LogP contribution in [0.25, 0.3) is 0 Å². The monoisotopic (exact) mass is 492 g/mol. The molecule has 2 heterocycles. The lowest BCUT2D eigenvalue weighted by Gasteiger charge is -2.38. The third-order valence-electron chi connectivity index (χ3n) is 5.76. The number of carbonyl (C=O) groups excluding carboxylic acids is 1. The fourth-order valence-electron chi connectivity index (χ4n) is 4.20.